The molecule has 0 spiro atoms. The van der Waals surface area contributed by atoms with E-state index in [1.807, 2.05) is 0 Å². The first-order chi connectivity index (χ1) is 11.2. The van der Waals surface area contributed by atoms with Gasteiger partial charge in [-0.05, 0) is 50.4 Å². The summed E-state index contributed by atoms with van der Waals surface area (Å²) >= 11 is 0. The van der Waals surface area contributed by atoms with Crippen molar-refractivity contribution < 1.29 is 9.53 Å². The van der Waals surface area contributed by atoms with Crippen molar-refractivity contribution in [3.05, 3.63) is 0 Å². The van der Waals surface area contributed by atoms with Crippen LogP contribution in [-0.4, -0.2) is 11.6 Å². The van der Waals surface area contributed by atoms with E-state index in [0.717, 1.165) is 56.8 Å². The van der Waals surface area contributed by atoms with Gasteiger partial charge in [0.05, 0.1) is 0 Å². The Hall–Kier alpha value is -0.530. The monoisotopic (exact) mass is 322 g/mol. The number of hydrogen-bond donors (Lipinski definition) is 0. The van der Waals surface area contributed by atoms with Crippen molar-refractivity contribution in [3.8, 4) is 0 Å². The Labute approximate surface area is 143 Å². The molecule has 2 rings (SSSR count). The van der Waals surface area contributed by atoms with Gasteiger partial charge in [-0.15, -0.1) is 0 Å². The molecule has 2 saturated carbocycles. The van der Waals surface area contributed by atoms with Gasteiger partial charge in [0.15, 0.2) is 0 Å². The molecule has 2 heteroatoms. The van der Waals surface area contributed by atoms with Gasteiger partial charge in [-0.1, -0.05) is 65.2 Å². The average molecular weight is 323 g/mol. The normalized spacial score (nSPS) is 29.4. The van der Waals surface area contributed by atoms with E-state index in [-0.39, 0.29) is 11.6 Å². The molecule has 0 heterocycles. The maximum absolute atomic E-state index is 12.2. The van der Waals surface area contributed by atoms with Crippen LogP contribution in [0.25, 0.3) is 0 Å². The zero-order valence-electron chi connectivity index (χ0n) is 15.6. The fourth-order valence-electron chi connectivity index (χ4n) is 4.91. The molecule has 0 aromatic heterocycles. The summed E-state index contributed by atoms with van der Waals surface area (Å²) < 4.78 is 6.06. The highest BCUT2D eigenvalue weighted by Crippen LogP contribution is 2.44. The Morgan fingerprint density at radius 1 is 0.913 bits per heavy atom. The first-order valence-corrected chi connectivity index (χ1v) is 10.4. The lowest BCUT2D eigenvalue weighted by Gasteiger charge is -2.42. The Morgan fingerprint density at radius 3 is 2.17 bits per heavy atom. The zero-order chi connectivity index (χ0) is 16.5. The van der Waals surface area contributed by atoms with E-state index >= 15 is 0 Å². The van der Waals surface area contributed by atoms with Crippen LogP contribution < -0.4 is 0 Å². The van der Waals surface area contributed by atoms with Crippen LogP contribution in [0.4, 0.5) is 0 Å². The predicted molar refractivity (Wildman–Crippen MR) is 96.4 cm³/mol. The highest BCUT2D eigenvalue weighted by atomic mass is 16.6. The largest absolute Gasteiger partial charge is 0.459 e. The molecule has 2 aliphatic carbocycles. The van der Waals surface area contributed by atoms with Crippen LogP contribution in [-0.2, 0) is 9.53 Å². The van der Waals surface area contributed by atoms with Crippen LogP contribution in [0.1, 0.15) is 110 Å². The molecule has 2 fully saturated rings. The van der Waals surface area contributed by atoms with Crippen molar-refractivity contribution >= 4 is 5.97 Å². The van der Waals surface area contributed by atoms with Crippen LogP contribution in [0.2, 0.25) is 0 Å². The smallest absolute Gasteiger partial charge is 0.306 e. The summed E-state index contributed by atoms with van der Waals surface area (Å²) in [5, 5.41) is 0. The van der Waals surface area contributed by atoms with Crippen molar-refractivity contribution in [3.63, 3.8) is 0 Å². The van der Waals surface area contributed by atoms with E-state index in [0.29, 0.717) is 6.42 Å². The molecule has 0 amide bonds. The minimum absolute atomic E-state index is 0.0583. The summed E-state index contributed by atoms with van der Waals surface area (Å²) in [6.45, 7) is 4.40. The number of esters is 1. The second-order valence-corrected chi connectivity index (χ2v) is 8.10. The van der Waals surface area contributed by atoms with Crippen molar-refractivity contribution in [1.29, 1.82) is 0 Å². The Bertz CT molecular complexity index is 336. The first kappa shape index (κ1) is 18.8. The van der Waals surface area contributed by atoms with E-state index < -0.39 is 0 Å². The Morgan fingerprint density at radius 2 is 1.57 bits per heavy atom. The lowest BCUT2D eigenvalue weighted by atomic mass is 9.68. The second-order valence-electron chi connectivity index (χ2n) is 8.10. The maximum Gasteiger partial charge on any atom is 0.306 e. The van der Waals surface area contributed by atoms with Crippen molar-refractivity contribution in [1.82, 2.24) is 0 Å². The van der Waals surface area contributed by atoms with Gasteiger partial charge in [0, 0.05) is 6.42 Å². The lowest BCUT2D eigenvalue weighted by molar-refractivity contribution is -0.166. The van der Waals surface area contributed by atoms with Gasteiger partial charge < -0.3 is 4.74 Å². The van der Waals surface area contributed by atoms with E-state index in [2.05, 4.69) is 13.8 Å². The van der Waals surface area contributed by atoms with E-state index in [9.17, 15) is 4.79 Å². The summed E-state index contributed by atoms with van der Waals surface area (Å²) in [4.78, 5) is 12.2. The fourth-order valence-corrected chi connectivity index (χ4v) is 4.91. The van der Waals surface area contributed by atoms with Crippen LogP contribution in [0, 0.1) is 11.8 Å². The second kappa shape index (κ2) is 9.69. The maximum atomic E-state index is 12.2. The van der Waals surface area contributed by atoms with Gasteiger partial charge >= 0.3 is 5.97 Å². The van der Waals surface area contributed by atoms with Crippen LogP contribution >= 0.6 is 0 Å². The third-order valence-electron chi connectivity index (χ3n) is 6.28. The van der Waals surface area contributed by atoms with Gasteiger partial charge in [-0.2, -0.15) is 0 Å². The third-order valence-corrected chi connectivity index (χ3v) is 6.28. The summed E-state index contributed by atoms with van der Waals surface area (Å²) in [5.41, 5.74) is -0.122. The summed E-state index contributed by atoms with van der Waals surface area (Å²) in [6.07, 6.45) is 18.1. The van der Waals surface area contributed by atoms with Crippen molar-refractivity contribution in [2.24, 2.45) is 11.8 Å². The van der Waals surface area contributed by atoms with E-state index in [4.69, 9.17) is 4.74 Å². The van der Waals surface area contributed by atoms with Crippen LogP contribution in [0.3, 0.4) is 0 Å². The molecule has 0 unspecified atom stereocenters. The van der Waals surface area contributed by atoms with E-state index in [1.54, 1.807) is 0 Å². The lowest BCUT2D eigenvalue weighted by Crippen LogP contribution is -2.40. The number of rotatable bonds is 8. The number of unbranched alkanes of at least 4 members (excludes halogenated alkanes) is 2. The minimum atomic E-state index is -0.122. The molecule has 0 bridgehead atoms. The molecule has 134 valence electrons. The summed E-state index contributed by atoms with van der Waals surface area (Å²) in [6, 6.07) is 0. The quantitative estimate of drug-likeness (QED) is 0.381. The molecule has 0 saturated heterocycles. The topological polar surface area (TPSA) is 26.3 Å². The molecule has 0 aliphatic heterocycles. The standard InChI is InChI=1S/C21H38O2/c1-3-5-7-12-20(22)23-21(15-4-2)16-13-19(14-17-21)18-10-8-6-9-11-18/h18-19H,3-17H2,1-2H3/t19-,21+. The van der Waals surface area contributed by atoms with Gasteiger partial charge in [-0.3, -0.25) is 4.79 Å². The molecule has 0 N–H and O–H groups in total. The molecule has 0 atom stereocenters. The van der Waals surface area contributed by atoms with Crippen molar-refractivity contribution in [2.75, 3.05) is 0 Å². The molecule has 23 heavy (non-hydrogen) atoms. The Balaban J connectivity index is 1.83. The molecule has 2 nitrogen and oxygen atoms in total. The molecule has 0 aromatic carbocycles. The summed E-state index contributed by atoms with van der Waals surface area (Å²) in [5.74, 6) is 1.92. The predicted octanol–water partition coefficient (Wildman–Crippen LogP) is 6.42. The van der Waals surface area contributed by atoms with Gasteiger partial charge in [0.2, 0.25) is 0 Å². The molecule has 0 radical (unpaired) electrons. The molecule has 2 aliphatic rings. The molecular formula is C21H38O2. The summed E-state index contributed by atoms with van der Waals surface area (Å²) in [7, 11) is 0. The zero-order valence-corrected chi connectivity index (χ0v) is 15.6. The van der Waals surface area contributed by atoms with Crippen LogP contribution in [0.5, 0.6) is 0 Å². The fraction of sp³-hybridized carbons (Fsp3) is 0.952. The van der Waals surface area contributed by atoms with Gasteiger partial charge in [0.25, 0.3) is 0 Å². The Kier molecular flexibility index (Phi) is 7.92. The van der Waals surface area contributed by atoms with Crippen LogP contribution in [0.15, 0.2) is 0 Å². The molecular weight excluding hydrogens is 284 g/mol. The third kappa shape index (κ3) is 5.80. The minimum Gasteiger partial charge on any atom is -0.459 e. The highest BCUT2D eigenvalue weighted by Gasteiger charge is 2.39. The number of ether oxygens (including phenoxy) is 1. The SMILES string of the molecule is CCCCCC(=O)O[C@]1(CCC)CC[C@H](C2CCCCC2)CC1. The van der Waals surface area contributed by atoms with Gasteiger partial charge in [0.1, 0.15) is 5.60 Å². The average Bonchev–Trinajstić information content (AvgIpc) is 2.57. The number of carbonyl (C=O) groups is 1. The van der Waals surface area contributed by atoms with E-state index in [1.165, 1.54) is 44.9 Å². The highest BCUT2D eigenvalue weighted by molar-refractivity contribution is 5.69. The number of carbonyl (C=O) groups excluding carboxylic acids is 1. The molecule has 0 aromatic rings. The number of hydrogen-bond acceptors (Lipinski definition) is 2. The van der Waals surface area contributed by atoms with Crippen molar-refractivity contribution in [2.45, 2.75) is 116 Å². The van der Waals surface area contributed by atoms with Gasteiger partial charge in [-0.25, -0.2) is 0 Å². The first-order valence-electron chi connectivity index (χ1n) is 10.4.